The van der Waals surface area contributed by atoms with Gasteiger partial charge in [0, 0.05) is 26.1 Å². The molecule has 1 aromatic carbocycles. The lowest BCUT2D eigenvalue weighted by Crippen LogP contribution is -2.43. The first-order valence-electron chi connectivity index (χ1n) is 8.50. The predicted octanol–water partition coefficient (Wildman–Crippen LogP) is 1.48. The Morgan fingerprint density at radius 1 is 1.26 bits per heavy atom. The van der Waals surface area contributed by atoms with Crippen molar-refractivity contribution >= 4 is 5.91 Å². The summed E-state index contributed by atoms with van der Waals surface area (Å²) >= 11 is 0. The molecule has 128 valence electrons. The zero-order valence-electron chi connectivity index (χ0n) is 14.3. The third kappa shape index (κ3) is 5.94. The third-order valence-corrected chi connectivity index (χ3v) is 4.27. The van der Waals surface area contributed by atoms with Crippen molar-refractivity contribution in [2.75, 3.05) is 46.4 Å². The number of carbonyl (C=O) groups is 1. The first-order chi connectivity index (χ1) is 11.2. The van der Waals surface area contributed by atoms with E-state index in [1.54, 1.807) is 0 Å². The van der Waals surface area contributed by atoms with Gasteiger partial charge in [0.05, 0.1) is 19.3 Å². The molecule has 1 amide bonds. The van der Waals surface area contributed by atoms with E-state index < -0.39 is 0 Å². The molecule has 5 nitrogen and oxygen atoms in total. The fourth-order valence-electron chi connectivity index (χ4n) is 2.86. The van der Waals surface area contributed by atoms with E-state index in [0.29, 0.717) is 13.0 Å². The van der Waals surface area contributed by atoms with E-state index in [4.69, 9.17) is 4.74 Å². The lowest BCUT2D eigenvalue weighted by atomic mass is 10.0. The molecule has 0 spiro atoms. The molecule has 2 rings (SSSR count). The van der Waals surface area contributed by atoms with E-state index in [0.717, 1.165) is 39.3 Å². The van der Waals surface area contributed by atoms with Crippen LogP contribution in [0.25, 0.3) is 0 Å². The van der Waals surface area contributed by atoms with Crippen molar-refractivity contribution in [1.82, 2.24) is 15.5 Å². The minimum absolute atomic E-state index is 0.130. The average Bonchev–Trinajstić information content (AvgIpc) is 2.58. The predicted molar refractivity (Wildman–Crippen MR) is 92.5 cm³/mol. The van der Waals surface area contributed by atoms with Crippen molar-refractivity contribution in [1.29, 1.82) is 0 Å². The second-order valence-electron chi connectivity index (χ2n) is 6.09. The molecule has 1 heterocycles. The van der Waals surface area contributed by atoms with Gasteiger partial charge in [-0.3, -0.25) is 9.69 Å². The summed E-state index contributed by atoms with van der Waals surface area (Å²) < 4.78 is 5.46. The van der Waals surface area contributed by atoms with Crippen molar-refractivity contribution in [3.63, 3.8) is 0 Å². The van der Waals surface area contributed by atoms with Crippen LogP contribution in [0.15, 0.2) is 24.3 Å². The van der Waals surface area contributed by atoms with E-state index in [1.807, 2.05) is 7.05 Å². The Morgan fingerprint density at radius 3 is 2.61 bits per heavy atom. The molecule has 0 saturated carbocycles. The van der Waals surface area contributed by atoms with Crippen molar-refractivity contribution in [3.05, 3.63) is 35.4 Å². The molecule has 0 aliphatic carbocycles. The number of benzene rings is 1. The minimum Gasteiger partial charge on any atom is -0.379 e. The summed E-state index contributed by atoms with van der Waals surface area (Å²) in [6.07, 6.45) is 1.44. The molecule has 23 heavy (non-hydrogen) atoms. The zero-order valence-corrected chi connectivity index (χ0v) is 14.3. The van der Waals surface area contributed by atoms with E-state index in [1.165, 1.54) is 11.1 Å². The van der Waals surface area contributed by atoms with E-state index in [2.05, 4.69) is 46.7 Å². The SMILES string of the molecule is CNCCCC(=O)NCC(c1ccc(C)cc1)N1CCOCC1. The lowest BCUT2D eigenvalue weighted by molar-refractivity contribution is -0.121. The molecular weight excluding hydrogens is 290 g/mol. The standard InChI is InChI=1S/C18H29N3O2/c1-15-5-7-16(8-6-15)17(21-10-12-23-13-11-21)14-20-18(22)4-3-9-19-2/h5-8,17,19H,3-4,9-14H2,1-2H3,(H,20,22). The molecule has 1 aromatic rings. The van der Waals surface area contributed by atoms with E-state index in [-0.39, 0.29) is 11.9 Å². The number of nitrogens with zero attached hydrogens (tertiary/aromatic N) is 1. The smallest absolute Gasteiger partial charge is 0.220 e. The summed E-state index contributed by atoms with van der Waals surface area (Å²) in [5.41, 5.74) is 2.51. The van der Waals surface area contributed by atoms with Gasteiger partial charge in [-0.25, -0.2) is 0 Å². The Balaban J connectivity index is 1.95. The number of aryl methyl sites for hydroxylation is 1. The highest BCUT2D eigenvalue weighted by atomic mass is 16.5. The van der Waals surface area contributed by atoms with Gasteiger partial charge in [0.25, 0.3) is 0 Å². The summed E-state index contributed by atoms with van der Waals surface area (Å²) in [7, 11) is 1.91. The fraction of sp³-hybridized carbons (Fsp3) is 0.611. The van der Waals surface area contributed by atoms with Gasteiger partial charge >= 0.3 is 0 Å². The Hall–Kier alpha value is -1.43. The molecular formula is C18H29N3O2. The first kappa shape index (κ1) is 17.9. The molecule has 0 radical (unpaired) electrons. The van der Waals surface area contributed by atoms with Crippen LogP contribution >= 0.6 is 0 Å². The van der Waals surface area contributed by atoms with Gasteiger partial charge in [0.1, 0.15) is 0 Å². The number of rotatable bonds is 8. The Labute approximate surface area is 139 Å². The fourth-order valence-corrected chi connectivity index (χ4v) is 2.86. The van der Waals surface area contributed by atoms with Crippen LogP contribution in [0, 0.1) is 6.92 Å². The quantitative estimate of drug-likeness (QED) is 0.713. The summed E-state index contributed by atoms with van der Waals surface area (Å²) in [6, 6.07) is 8.83. The van der Waals surface area contributed by atoms with Crippen LogP contribution in [0.1, 0.15) is 30.0 Å². The van der Waals surface area contributed by atoms with Crippen LogP contribution in [0.2, 0.25) is 0 Å². The highest BCUT2D eigenvalue weighted by Gasteiger charge is 2.23. The molecule has 1 saturated heterocycles. The number of ether oxygens (including phenoxy) is 1. The topological polar surface area (TPSA) is 53.6 Å². The van der Waals surface area contributed by atoms with Crippen LogP contribution in [0.4, 0.5) is 0 Å². The Bertz CT molecular complexity index is 470. The Kier molecular flexibility index (Phi) is 7.52. The van der Waals surface area contributed by atoms with E-state index in [9.17, 15) is 4.79 Å². The summed E-state index contributed by atoms with van der Waals surface area (Å²) in [5, 5.41) is 6.17. The third-order valence-electron chi connectivity index (χ3n) is 4.27. The monoisotopic (exact) mass is 319 g/mol. The van der Waals surface area contributed by atoms with E-state index >= 15 is 0 Å². The van der Waals surface area contributed by atoms with Gasteiger partial charge in [0.2, 0.25) is 5.91 Å². The highest BCUT2D eigenvalue weighted by Crippen LogP contribution is 2.21. The lowest BCUT2D eigenvalue weighted by Gasteiger charge is -2.35. The van der Waals surface area contributed by atoms with Crippen molar-refractivity contribution in [3.8, 4) is 0 Å². The molecule has 1 atom stereocenters. The molecule has 0 bridgehead atoms. The highest BCUT2D eigenvalue weighted by molar-refractivity contribution is 5.75. The molecule has 1 fully saturated rings. The van der Waals surface area contributed by atoms with Crippen LogP contribution < -0.4 is 10.6 Å². The maximum absolute atomic E-state index is 12.0. The Morgan fingerprint density at radius 2 is 1.96 bits per heavy atom. The number of hydrogen-bond donors (Lipinski definition) is 2. The number of nitrogens with one attached hydrogen (secondary N) is 2. The summed E-state index contributed by atoms with van der Waals surface area (Å²) in [6.45, 7) is 6.97. The van der Waals surface area contributed by atoms with Gasteiger partial charge in [-0.05, 0) is 32.5 Å². The van der Waals surface area contributed by atoms with Crippen molar-refractivity contribution in [2.45, 2.75) is 25.8 Å². The van der Waals surface area contributed by atoms with Gasteiger partial charge in [-0.1, -0.05) is 29.8 Å². The number of morpholine rings is 1. The van der Waals surface area contributed by atoms with Crippen LogP contribution in [-0.4, -0.2) is 57.2 Å². The van der Waals surface area contributed by atoms with Gasteiger partial charge in [0.15, 0.2) is 0 Å². The normalized spacial score (nSPS) is 17.0. The molecule has 1 aliphatic rings. The van der Waals surface area contributed by atoms with Crippen LogP contribution in [-0.2, 0) is 9.53 Å². The largest absolute Gasteiger partial charge is 0.379 e. The van der Waals surface area contributed by atoms with Gasteiger partial charge < -0.3 is 15.4 Å². The second kappa shape index (κ2) is 9.65. The van der Waals surface area contributed by atoms with Crippen molar-refractivity contribution in [2.24, 2.45) is 0 Å². The molecule has 2 N–H and O–H groups in total. The van der Waals surface area contributed by atoms with Gasteiger partial charge in [-0.2, -0.15) is 0 Å². The molecule has 1 unspecified atom stereocenters. The van der Waals surface area contributed by atoms with Crippen LogP contribution in [0.3, 0.4) is 0 Å². The van der Waals surface area contributed by atoms with Crippen LogP contribution in [0.5, 0.6) is 0 Å². The summed E-state index contributed by atoms with van der Waals surface area (Å²) in [5.74, 6) is 0.130. The number of amides is 1. The zero-order chi connectivity index (χ0) is 16.5. The first-order valence-corrected chi connectivity index (χ1v) is 8.50. The summed E-state index contributed by atoms with van der Waals surface area (Å²) in [4.78, 5) is 14.4. The molecule has 1 aliphatic heterocycles. The second-order valence-corrected chi connectivity index (χ2v) is 6.09. The molecule has 5 heteroatoms. The maximum Gasteiger partial charge on any atom is 0.220 e. The van der Waals surface area contributed by atoms with Gasteiger partial charge in [-0.15, -0.1) is 0 Å². The maximum atomic E-state index is 12.0. The van der Waals surface area contributed by atoms with Crippen molar-refractivity contribution < 1.29 is 9.53 Å². The minimum atomic E-state index is 0.130. The average molecular weight is 319 g/mol. The number of hydrogen-bond acceptors (Lipinski definition) is 4. The molecule has 0 aromatic heterocycles. The number of carbonyl (C=O) groups excluding carboxylic acids is 1.